The molecule has 0 aliphatic heterocycles. The van der Waals surface area contributed by atoms with Crippen LogP contribution in [0.15, 0.2) is 29.4 Å². The molecule has 4 nitrogen and oxygen atoms in total. The lowest BCUT2D eigenvalue weighted by Crippen LogP contribution is -2.17. The van der Waals surface area contributed by atoms with E-state index in [-0.39, 0.29) is 11.7 Å². The highest BCUT2D eigenvalue weighted by molar-refractivity contribution is 5.94. The summed E-state index contributed by atoms with van der Waals surface area (Å²) in [5.41, 5.74) is 2.88. The third-order valence-corrected chi connectivity index (χ3v) is 1.80. The Morgan fingerprint density at radius 3 is 2.73 bits per heavy atom. The van der Waals surface area contributed by atoms with Crippen LogP contribution >= 0.6 is 0 Å². The number of nitrogens with one attached hydrogen (secondary N) is 1. The summed E-state index contributed by atoms with van der Waals surface area (Å²) < 4.78 is 0. The predicted molar refractivity (Wildman–Crippen MR) is 59.0 cm³/mol. The van der Waals surface area contributed by atoms with E-state index in [2.05, 4.69) is 10.5 Å². The smallest absolute Gasteiger partial charge is 0.271 e. The van der Waals surface area contributed by atoms with Crippen LogP contribution in [-0.2, 0) is 0 Å². The number of rotatable bonds is 4. The zero-order chi connectivity index (χ0) is 11.1. The largest absolute Gasteiger partial charge is 0.508 e. The molecule has 0 heterocycles. The molecule has 0 bridgehead atoms. The quantitative estimate of drug-likeness (QED) is 0.584. The van der Waals surface area contributed by atoms with E-state index >= 15 is 0 Å². The van der Waals surface area contributed by atoms with E-state index in [4.69, 9.17) is 5.11 Å². The van der Waals surface area contributed by atoms with Crippen LogP contribution in [0.1, 0.15) is 30.1 Å². The highest BCUT2D eigenvalue weighted by atomic mass is 16.3. The molecule has 0 radical (unpaired) electrons. The second kappa shape index (κ2) is 5.80. The third-order valence-electron chi connectivity index (χ3n) is 1.80. The number of benzene rings is 1. The van der Waals surface area contributed by atoms with Crippen LogP contribution in [0.3, 0.4) is 0 Å². The number of carbonyl (C=O) groups excluding carboxylic acids is 1. The minimum atomic E-state index is -0.276. The molecule has 80 valence electrons. The van der Waals surface area contributed by atoms with Crippen molar-refractivity contribution in [2.24, 2.45) is 5.10 Å². The van der Waals surface area contributed by atoms with Gasteiger partial charge in [0.05, 0.1) is 0 Å². The molecule has 0 saturated carbocycles. The fraction of sp³-hybridized carbons (Fsp3) is 0.273. The molecule has 0 saturated heterocycles. The zero-order valence-corrected chi connectivity index (χ0v) is 8.60. The van der Waals surface area contributed by atoms with Crippen LogP contribution in [0.2, 0.25) is 0 Å². The molecule has 15 heavy (non-hydrogen) atoms. The Morgan fingerprint density at radius 1 is 1.47 bits per heavy atom. The monoisotopic (exact) mass is 206 g/mol. The molecule has 0 atom stereocenters. The molecule has 0 unspecified atom stereocenters. The van der Waals surface area contributed by atoms with Gasteiger partial charge in [0.15, 0.2) is 0 Å². The summed E-state index contributed by atoms with van der Waals surface area (Å²) in [7, 11) is 0. The summed E-state index contributed by atoms with van der Waals surface area (Å²) in [6.07, 6.45) is 3.51. The average molecular weight is 206 g/mol. The first-order valence-electron chi connectivity index (χ1n) is 4.85. The van der Waals surface area contributed by atoms with Gasteiger partial charge in [-0.25, -0.2) is 5.43 Å². The molecule has 1 aromatic carbocycles. The van der Waals surface area contributed by atoms with Crippen LogP contribution in [0, 0.1) is 0 Å². The molecular weight excluding hydrogens is 192 g/mol. The first-order chi connectivity index (χ1) is 7.24. The lowest BCUT2D eigenvalue weighted by Gasteiger charge is -1.99. The number of hydrazone groups is 1. The molecule has 1 rings (SSSR count). The number of phenolic OH excluding ortho intramolecular Hbond substituents is 1. The van der Waals surface area contributed by atoms with Gasteiger partial charge in [-0.1, -0.05) is 13.3 Å². The van der Waals surface area contributed by atoms with Crippen LogP contribution in [0.5, 0.6) is 5.75 Å². The molecule has 0 aliphatic rings. The number of aromatic hydroxyl groups is 1. The molecule has 2 N–H and O–H groups in total. The van der Waals surface area contributed by atoms with E-state index in [0.717, 1.165) is 12.8 Å². The standard InChI is InChI=1S/C11H14N2O2/c1-2-3-8-12-13-11(15)9-4-6-10(14)7-5-9/h4-8,14H,2-3H2,1H3,(H,13,15). The van der Waals surface area contributed by atoms with Gasteiger partial charge in [0.2, 0.25) is 0 Å². The summed E-state index contributed by atoms with van der Waals surface area (Å²) >= 11 is 0. The van der Waals surface area contributed by atoms with Gasteiger partial charge in [-0.3, -0.25) is 4.79 Å². The molecule has 1 aromatic rings. The fourth-order valence-corrected chi connectivity index (χ4v) is 0.975. The number of amides is 1. The Balaban J connectivity index is 2.50. The molecular formula is C11H14N2O2. The Kier molecular flexibility index (Phi) is 4.34. The maximum absolute atomic E-state index is 11.4. The number of carbonyl (C=O) groups is 1. The Morgan fingerprint density at radius 2 is 2.13 bits per heavy atom. The van der Waals surface area contributed by atoms with Crippen molar-refractivity contribution in [2.75, 3.05) is 0 Å². The Labute approximate surface area is 88.6 Å². The van der Waals surface area contributed by atoms with Crippen molar-refractivity contribution in [1.29, 1.82) is 0 Å². The van der Waals surface area contributed by atoms with Crippen molar-refractivity contribution in [3.63, 3.8) is 0 Å². The van der Waals surface area contributed by atoms with Crippen molar-refractivity contribution in [2.45, 2.75) is 19.8 Å². The van der Waals surface area contributed by atoms with Gasteiger partial charge in [0, 0.05) is 11.8 Å². The van der Waals surface area contributed by atoms with Gasteiger partial charge in [-0.2, -0.15) is 5.10 Å². The van der Waals surface area contributed by atoms with E-state index in [1.165, 1.54) is 12.1 Å². The number of hydrogen-bond acceptors (Lipinski definition) is 3. The number of phenols is 1. The summed E-state index contributed by atoms with van der Waals surface area (Å²) in [5.74, 6) is -0.136. The van der Waals surface area contributed by atoms with Crippen molar-refractivity contribution >= 4 is 12.1 Å². The molecule has 0 fully saturated rings. The van der Waals surface area contributed by atoms with Crippen LogP contribution in [-0.4, -0.2) is 17.2 Å². The highest BCUT2D eigenvalue weighted by Gasteiger charge is 2.02. The molecule has 4 heteroatoms. The molecule has 0 aliphatic carbocycles. The first kappa shape index (κ1) is 11.2. The number of nitrogens with zero attached hydrogens (tertiary/aromatic N) is 1. The minimum absolute atomic E-state index is 0.140. The zero-order valence-electron chi connectivity index (χ0n) is 8.60. The summed E-state index contributed by atoms with van der Waals surface area (Å²) in [6.45, 7) is 2.04. The van der Waals surface area contributed by atoms with Gasteiger partial charge < -0.3 is 5.11 Å². The summed E-state index contributed by atoms with van der Waals surface area (Å²) in [4.78, 5) is 11.4. The topological polar surface area (TPSA) is 61.7 Å². The van der Waals surface area contributed by atoms with Gasteiger partial charge in [-0.15, -0.1) is 0 Å². The van der Waals surface area contributed by atoms with Crippen molar-refractivity contribution in [1.82, 2.24) is 5.43 Å². The highest BCUT2D eigenvalue weighted by Crippen LogP contribution is 2.09. The second-order valence-corrected chi connectivity index (χ2v) is 3.09. The van der Waals surface area contributed by atoms with Crippen molar-refractivity contribution < 1.29 is 9.90 Å². The van der Waals surface area contributed by atoms with Gasteiger partial charge in [0.1, 0.15) is 5.75 Å². The van der Waals surface area contributed by atoms with Gasteiger partial charge >= 0.3 is 0 Å². The molecule has 1 amide bonds. The normalized spacial score (nSPS) is 10.5. The van der Waals surface area contributed by atoms with Crippen LogP contribution in [0.4, 0.5) is 0 Å². The first-order valence-corrected chi connectivity index (χ1v) is 4.85. The SMILES string of the molecule is CCCC=NNC(=O)c1ccc(O)cc1. The second-order valence-electron chi connectivity index (χ2n) is 3.09. The fourth-order valence-electron chi connectivity index (χ4n) is 0.975. The maximum atomic E-state index is 11.4. The van der Waals surface area contributed by atoms with E-state index < -0.39 is 0 Å². The average Bonchev–Trinajstić information content (AvgIpc) is 2.25. The summed E-state index contributed by atoms with van der Waals surface area (Å²) in [6, 6.07) is 6.01. The predicted octanol–water partition coefficient (Wildman–Crippen LogP) is 1.91. The molecule has 0 spiro atoms. The third kappa shape index (κ3) is 3.81. The van der Waals surface area contributed by atoms with Crippen molar-refractivity contribution in [3.05, 3.63) is 29.8 Å². The maximum Gasteiger partial charge on any atom is 0.271 e. The number of hydrogen-bond donors (Lipinski definition) is 2. The van der Waals surface area contributed by atoms with E-state index in [0.29, 0.717) is 5.56 Å². The summed E-state index contributed by atoms with van der Waals surface area (Å²) in [5, 5.41) is 12.8. The van der Waals surface area contributed by atoms with E-state index in [1.54, 1.807) is 18.3 Å². The number of unbranched alkanes of at least 4 members (excludes halogenated alkanes) is 1. The molecule has 0 aromatic heterocycles. The lowest BCUT2D eigenvalue weighted by atomic mass is 10.2. The van der Waals surface area contributed by atoms with Crippen molar-refractivity contribution in [3.8, 4) is 5.75 Å². The Hall–Kier alpha value is -1.84. The van der Waals surface area contributed by atoms with Gasteiger partial charge in [0.25, 0.3) is 5.91 Å². The van der Waals surface area contributed by atoms with Gasteiger partial charge in [-0.05, 0) is 30.7 Å². The van der Waals surface area contributed by atoms with Crippen LogP contribution in [0.25, 0.3) is 0 Å². The van der Waals surface area contributed by atoms with E-state index in [1.807, 2.05) is 6.92 Å². The Bertz CT molecular complexity index is 344. The van der Waals surface area contributed by atoms with E-state index in [9.17, 15) is 4.79 Å². The lowest BCUT2D eigenvalue weighted by molar-refractivity contribution is 0.0955. The minimum Gasteiger partial charge on any atom is -0.508 e. The van der Waals surface area contributed by atoms with Crippen LogP contribution < -0.4 is 5.43 Å².